The minimum atomic E-state index is -0.652. The van der Waals surface area contributed by atoms with Crippen molar-refractivity contribution in [3.8, 4) is 23.2 Å². The van der Waals surface area contributed by atoms with Crippen molar-refractivity contribution >= 4 is 28.5 Å². The first kappa shape index (κ1) is 24.1. The number of aryl methyl sites for hydroxylation is 1. The molecule has 7 heteroatoms. The minimum Gasteiger partial charge on any atom is -0.468 e. The van der Waals surface area contributed by atoms with Gasteiger partial charge in [-0.15, -0.1) is 0 Å². The standard InChI is InChI=1S/C30H26N2O5/c1-19-26(31-29(34)36-20(2)22-7-5-4-6-8-22)27(37-32-19)25-12-11-23-17-21(9-10-24(23)18-25)13-14-30(15-16-30)28(33)35-3/h4-12,17-18,20H,15-16H2,1-3H3,(H,31,34). The van der Waals surface area contributed by atoms with Crippen LogP contribution in [0.15, 0.2) is 71.3 Å². The molecule has 5 rings (SSSR count). The highest BCUT2D eigenvalue weighted by atomic mass is 16.6. The third-order valence-corrected chi connectivity index (χ3v) is 6.52. The van der Waals surface area contributed by atoms with Crippen LogP contribution in [0.2, 0.25) is 0 Å². The number of nitrogens with zero attached hydrogens (tertiary/aromatic N) is 1. The zero-order valence-corrected chi connectivity index (χ0v) is 20.8. The van der Waals surface area contributed by atoms with Crippen LogP contribution in [0, 0.1) is 24.2 Å². The molecule has 1 unspecified atom stereocenters. The van der Waals surface area contributed by atoms with E-state index in [2.05, 4.69) is 22.3 Å². The molecule has 1 saturated carbocycles. The van der Waals surface area contributed by atoms with Gasteiger partial charge in [-0.2, -0.15) is 0 Å². The summed E-state index contributed by atoms with van der Waals surface area (Å²) in [6, 6.07) is 21.2. The summed E-state index contributed by atoms with van der Waals surface area (Å²) < 4.78 is 16.0. The zero-order valence-electron chi connectivity index (χ0n) is 20.8. The number of anilines is 1. The van der Waals surface area contributed by atoms with E-state index in [4.69, 9.17) is 14.0 Å². The van der Waals surface area contributed by atoms with Crippen LogP contribution >= 0.6 is 0 Å². The molecule has 1 atom stereocenters. The van der Waals surface area contributed by atoms with E-state index in [0.717, 1.165) is 40.3 Å². The van der Waals surface area contributed by atoms with Crippen molar-refractivity contribution in [2.24, 2.45) is 5.41 Å². The first-order chi connectivity index (χ1) is 17.9. The summed E-state index contributed by atoms with van der Waals surface area (Å²) in [5.74, 6) is 6.39. The first-order valence-corrected chi connectivity index (χ1v) is 12.0. The highest BCUT2D eigenvalue weighted by Gasteiger charge is 2.50. The molecule has 3 aromatic carbocycles. The number of methoxy groups -OCH3 is 1. The number of rotatable bonds is 5. The fourth-order valence-corrected chi connectivity index (χ4v) is 4.16. The highest BCUT2D eigenvalue weighted by Crippen LogP contribution is 2.46. The number of carbonyl (C=O) groups excluding carboxylic acids is 2. The Kier molecular flexibility index (Phi) is 6.41. The highest BCUT2D eigenvalue weighted by molar-refractivity contribution is 5.94. The topological polar surface area (TPSA) is 90.7 Å². The van der Waals surface area contributed by atoms with Crippen LogP contribution in [0.25, 0.3) is 22.1 Å². The molecule has 1 aliphatic carbocycles. The van der Waals surface area contributed by atoms with E-state index in [1.807, 2.05) is 73.7 Å². The van der Waals surface area contributed by atoms with Crippen LogP contribution in [0.3, 0.4) is 0 Å². The van der Waals surface area contributed by atoms with Crippen LogP contribution in [0.4, 0.5) is 10.5 Å². The van der Waals surface area contributed by atoms with E-state index in [9.17, 15) is 9.59 Å². The smallest absolute Gasteiger partial charge is 0.412 e. The number of nitrogens with one attached hydrogen (secondary N) is 1. The predicted molar refractivity (Wildman–Crippen MR) is 140 cm³/mol. The summed E-state index contributed by atoms with van der Waals surface area (Å²) in [7, 11) is 1.39. The molecule has 0 aliphatic heterocycles. The number of benzene rings is 3. The monoisotopic (exact) mass is 494 g/mol. The first-order valence-electron chi connectivity index (χ1n) is 12.0. The van der Waals surface area contributed by atoms with Gasteiger partial charge in [0, 0.05) is 11.1 Å². The molecule has 0 radical (unpaired) electrons. The Morgan fingerprint density at radius 2 is 1.78 bits per heavy atom. The van der Waals surface area contributed by atoms with Crippen molar-refractivity contribution in [3.05, 3.63) is 83.6 Å². The number of hydrogen-bond donors (Lipinski definition) is 1. The Bertz CT molecular complexity index is 1540. The van der Waals surface area contributed by atoms with E-state index in [0.29, 0.717) is 17.1 Å². The second-order valence-electron chi connectivity index (χ2n) is 9.16. The predicted octanol–water partition coefficient (Wildman–Crippen LogP) is 6.42. The number of esters is 1. The Morgan fingerprint density at radius 3 is 2.51 bits per heavy atom. The fourth-order valence-electron chi connectivity index (χ4n) is 4.16. The van der Waals surface area contributed by atoms with Gasteiger partial charge in [0.2, 0.25) is 0 Å². The molecule has 0 spiro atoms. The average Bonchev–Trinajstić information content (AvgIpc) is 3.64. The molecule has 1 N–H and O–H groups in total. The minimum absolute atomic E-state index is 0.268. The molecule has 1 aliphatic rings. The van der Waals surface area contributed by atoms with Crippen LogP contribution in [0.5, 0.6) is 0 Å². The van der Waals surface area contributed by atoms with Crippen molar-refractivity contribution in [1.82, 2.24) is 5.16 Å². The van der Waals surface area contributed by atoms with Gasteiger partial charge < -0.3 is 14.0 Å². The SMILES string of the molecule is COC(=O)C1(C#Cc2ccc3cc(-c4onc(C)c4NC(=O)OC(C)c4ccccc4)ccc3c2)CC1. The molecule has 7 nitrogen and oxygen atoms in total. The van der Waals surface area contributed by atoms with Gasteiger partial charge in [0.1, 0.15) is 22.9 Å². The van der Waals surface area contributed by atoms with Crippen LogP contribution < -0.4 is 5.32 Å². The number of hydrogen-bond acceptors (Lipinski definition) is 6. The van der Waals surface area contributed by atoms with Gasteiger partial charge in [-0.3, -0.25) is 10.1 Å². The second-order valence-corrected chi connectivity index (χ2v) is 9.16. The van der Waals surface area contributed by atoms with Gasteiger partial charge in [-0.05, 0) is 61.2 Å². The maximum Gasteiger partial charge on any atom is 0.412 e. The number of carbonyl (C=O) groups is 2. The molecule has 37 heavy (non-hydrogen) atoms. The van der Waals surface area contributed by atoms with Crippen molar-refractivity contribution in [1.29, 1.82) is 0 Å². The van der Waals surface area contributed by atoms with Gasteiger partial charge in [0.15, 0.2) is 5.76 Å². The fraction of sp³-hybridized carbons (Fsp3) is 0.233. The van der Waals surface area contributed by atoms with Crippen LogP contribution in [-0.4, -0.2) is 24.3 Å². The molecule has 1 heterocycles. The summed E-state index contributed by atoms with van der Waals surface area (Å²) in [6.07, 6.45) is 0.461. The molecular formula is C30H26N2O5. The van der Waals surface area contributed by atoms with E-state index in [-0.39, 0.29) is 5.97 Å². The lowest BCUT2D eigenvalue weighted by molar-refractivity contribution is -0.144. The maximum atomic E-state index is 12.6. The molecule has 4 aromatic rings. The van der Waals surface area contributed by atoms with Crippen molar-refractivity contribution < 1.29 is 23.6 Å². The van der Waals surface area contributed by atoms with Crippen molar-refractivity contribution in [3.63, 3.8) is 0 Å². The molecule has 186 valence electrons. The van der Waals surface area contributed by atoms with Gasteiger partial charge in [0.05, 0.1) is 7.11 Å². The molecule has 1 aromatic heterocycles. The van der Waals surface area contributed by atoms with Gasteiger partial charge >= 0.3 is 12.1 Å². The number of ether oxygens (including phenoxy) is 2. The molecule has 1 fully saturated rings. The second kappa shape index (κ2) is 9.82. The Balaban J connectivity index is 1.35. The van der Waals surface area contributed by atoms with E-state index in [1.54, 1.807) is 6.92 Å². The summed E-state index contributed by atoms with van der Waals surface area (Å²) in [5, 5.41) is 8.80. The van der Waals surface area contributed by atoms with Crippen molar-refractivity contribution in [2.75, 3.05) is 12.4 Å². The number of amides is 1. The quantitative estimate of drug-likeness (QED) is 0.254. The summed E-state index contributed by atoms with van der Waals surface area (Å²) in [6.45, 7) is 3.58. The van der Waals surface area contributed by atoms with E-state index < -0.39 is 17.6 Å². The third-order valence-electron chi connectivity index (χ3n) is 6.52. The lowest BCUT2D eigenvalue weighted by atomic mass is 10.0. The third kappa shape index (κ3) is 5.05. The maximum absolute atomic E-state index is 12.6. The van der Waals surface area contributed by atoms with Crippen LogP contribution in [-0.2, 0) is 14.3 Å². The van der Waals surface area contributed by atoms with Gasteiger partial charge in [-0.1, -0.05) is 65.5 Å². The molecular weight excluding hydrogens is 468 g/mol. The van der Waals surface area contributed by atoms with E-state index >= 15 is 0 Å². The lowest BCUT2D eigenvalue weighted by Crippen LogP contribution is -2.16. The van der Waals surface area contributed by atoms with Crippen LogP contribution in [0.1, 0.15) is 42.7 Å². The number of aromatic nitrogens is 1. The van der Waals surface area contributed by atoms with Gasteiger partial charge in [0.25, 0.3) is 0 Å². The zero-order chi connectivity index (χ0) is 26.0. The summed E-state index contributed by atoms with van der Waals surface area (Å²) in [5.41, 5.74) is 2.84. The molecule has 1 amide bonds. The summed E-state index contributed by atoms with van der Waals surface area (Å²) >= 11 is 0. The lowest BCUT2D eigenvalue weighted by Gasteiger charge is -2.14. The normalized spacial score (nSPS) is 14.2. The Morgan fingerprint density at radius 1 is 1.05 bits per heavy atom. The van der Waals surface area contributed by atoms with Crippen molar-refractivity contribution in [2.45, 2.75) is 32.8 Å². The molecule has 0 bridgehead atoms. The summed E-state index contributed by atoms with van der Waals surface area (Å²) in [4.78, 5) is 24.6. The van der Waals surface area contributed by atoms with E-state index in [1.165, 1.54) is 7.11 Å². The number of fused-ring (bicyclic) bond motifs is 1. The average molecular weight is 495 g/mol. The van der Waals surface area contributed by atoms with Gasteiger partial charge in [-0.25, -0.2) is 4.79 Å². The Labute approximate surface area is 214 Å². The Hall–Kier alpha value is -4.57. The largest absolute Gasteiger partial charge is 0.468 e. The molecule has 0 saturated heterocycles.